The van der Waals surface area contributed by atoms with Gasteiger partial charge in [0.25, 0.3) is 5.91 Å². The molecule has 0 radical (unpaired) electrons. The van der Waals surface area contributed by atoms with Crippen molar-refractivity contribution in [2.75, 3.05) is 6.61 Å². The summed E-state index contributed by atoms with van der Waals surface area (Å²) in [5.41, 5.74) is 2.67. The van der Waals surface area contributed by atoms with Gasteiger partial charge >= 0.3 is 16.9 Å². The maximum Gasteiger partial charge on any atom is 0.357 e. The van der Waals surface area contributed by atoms with Gasteiger partial charge in [0.1, 0.15) is 11.4 Å². The number of H-pyrrole nitrogens is 2. The van der Waals surface area contributed by atoms with Crippen molar-refractivity contribution in [1.29, 1.82) is 0 Å². The molecule has 10 nitrogen and oxygen atoms in total. The van der Waals surface area contributed by atoms with E-state index < -0.39 is 27.8 Å². The number of carbonyl (C=O) groups is 1. The van der Waals surface area contributed by atoms with E-state index in [1.54, 1.807) is 29.2 Å². The van der Waals surface area contributed by atoms with E-state index in [-0.39, 0.29) is 12.3 Å². The van der Waals surface area contributed by atoms with E-state index in [1.165, 1.54) is 12.2 Å². The van der Waals surface area contributed by atoms with Crippen molar-refractivity contribution in [3.05, 3.63) is 66.5 Å². The van der Waals surface area contributed by atoms with E-state index in [1.807, 2.05) is 0 Å². The van der Waals surface area contributed by atoms with Gasteiger partial charge in [-0.3, -0.25) is 24.7 Å². The summed E-state index contributed by atoms with van der Waals surface area (Å²) in [5.74, 6) is -0.189. The lowest BCUT2D eigenvalue weighted by Gasteiger charge is -2.03. The van der Waals surface area contributed by atoms with Crippen LogP contribution in [-0.2, 0) is 4.79 Å². The molecular formula is C14H12N4O6. The number of ether oxygens (including phenoxy) is 1. The molecule has 0 fully saturated rings. The lowest BCUT2D eigenvalue weighted by molar-refractivity contribution is -0.386. The average Bonchev–Trinajstić information content (AvgIpc) is 2.50. The molecule has 0 aliphatic rings. The molecule has 2 rings (SSSR count). The Morgan fingerprint density at radius 2 is 1.88 bits per heavy atom. The molecular weight excluding hydrogens is 320 g/mol. The zero-order valence-electron chi connectivity index (χ0n) is 12.1. The number of aromatic amines is 2. The Morgan fingerprint density at radius 3 is 2.46 bits per heavy atom. The summed E-state index contributed by atoms with van der Waals surface area (Å²) in [6.45, 7) is -0.255. The first-order valence-electron chi connectivity index (χ1n) is 6.57. The van der Waals surface area contributed by atoms with Crippen molar-refractivity contribution >= 4 is 23.7 Å². The van der Waals surface area contributed by atoms with Gasteiger partial charge in [-0.2, -0.15) is 0 Å². The number of nitrogens with one attached hydrogen (secondary N) is 2. The summed E-state index contributed by atoms with van der Waals surface area (Å²) >= 11 is 0. The second kappa shape index (κ2) is 7.05. The van der Waals surface area contributed by atoms with Crippen molar-refractivity contribution < 1.29 is 14.5 Å². The zero-order chi connectivity index (χ0) is 17.7. The highest BCUT2D eigenvalue weighted by Crippen LogP contribution is 2.16. The number of rotatable bonds is 6. The normalized spacial score (nSPS) is 10.7. The van der Waals surface area contributed by atoms with Crippen LogP contribution < -0.4 is 21.7 Å². The predicted octanol–water partition coefficient (Wildman–Crippen LogP) is 0.00590. The van der Waals surface area contributed by atoms with Gasteiger partial charge in [-0.1, -0.05) is 18.2 Å². The fourth-order valence-electron chi connectivity index (χ4n) is 1.81. The van der Waals surface area contributed by atoms with Gasteiger partial charge in [0.2, 0.25) is 0 Å². The Balaban J connectivity index is 2.25. The molecule has 1 heterocycles. The van der Waals surface area contributed by atoms with Crippen LogP contribution in [0.2, 0.25) is 0 Å². The summed E-state index contributed by atoms with van der Waals surface area (Å²) in [6, 6.07) is 6.36. The number of hydrogen-bond acceptors (Lipinski definition) is 6. The van der Waals surface area contributed by atoms with E-state index in [4.69, 9.17) is 10.5 Å². The van der Waals surface area contributed by atoms with Crippen LogP contribution in [-0.4, -0.2) is 27.4 Å². The Bertz CT molecular complexity index is 910. The van der Waals surface area contributed by atoms with E-state index in [9.17, 15) is 24.5 Å². The minimum atomic E-state index is -1.08. The Morgan fingerprint density at radius 1 is 1.21 bits per heavy atom. The first kappa shape index (κ1) is 16.7. The smallest absolute Gasteiger partial charge is 0.357 e. The average molecular weight is 332 g/mol. The number of aromatic nitrogens is 2. The van der Waals surface area contributed by atoms with Crippen LogP contribution in [0.5, 0.6) is 5.75 Å². The highest BCUT2D eigenvalue weighted by atomic mass is 16.6. The fourth-order valence-corrected chi connectivity index (χ4v) is 1.81. The van der Waals surface area contributed by atoms with Gasteiger partial charge in [0.05, 0.1) is 4.92 Å². The summed E-state index contributed by atoms with van der Waals surface area (Å²) in [7, 11) is 0. The summed E-state index contributed by atoms with van der Waals surface area (Å²) in [4.78, 5) is 47.4. The van der Waals surface area contributed by atoms with Gasteiger partial charge in [0, 0.05) is 0 Å². The van der Waals surface area contributed by atoms with Crippen molar-refractivity contribution in [1.82, 2.24) is 9.97 Å². The van der Waals surface area contributed by atoms with Crippen LogP contribution in [0, 0.1) is 10.1 Å². The quantitative estimate of drug-likeness (QED) is 0.498. The van der Waals surface area contributed by atoms with Gasteiger partial charge in [-0.15, -0.1) is 0 Å². The molecule has 0 aliphatic carbocycles. The third kappa shape index (κ3) is 4.16. The molecule has 0 atom stereocenters. The number of benzene rings is 1. The molecule has 4 N–H and O–H groups in total. The van der Waals surface area contributed by atoms with Gasteiger partial charge in [-0.25, -0.2) is 4.79 Å². The largest absolute Gasteiger partial charge is 0.484 e. The van der Waals surface area contributed by atoms with E-state index in [0.717, 1.165) is 0 Å². The number of nitrogens with two attached hydrogens (primary N) is 1. The van der Waals surface area contributed by atoms with E-state index >= 15 is 0 Å². The number of carbonyl (C=O) groups excluding carboxylic acids is 1. The summed E-state index contributed by atoms with van der Waals surface area (Å²) in [6.07, 6.45) is 2.71. The Kier molecular flexibility index (Phi) is 4.90. The highest BCUT2D eigenvalue weighted by Gasteiger charge is 2.18. The first-order chi connectivity index (χ1) is 11.4. The number of amides is 1. The van der Waals surface area contributed by atoms with Crippen LogP contribution >= 0.6 is 0 Å². The number of primary amides is 1. The fraction of sp³-hybridized carbons (Fsp3) is 0.0714. The van der Waals surface area contributed by atoms with Crippen LogP contribution in [0.15, 0.2) is 33.9 Å². The monoisotopic (exact) mass is 332 g/mol. The minimum absolute atomic E-state index is 0.220. The molecule has 1 aromatic carbocycles. The maximum atomic E-state index is 11.5. The second-order valence-electron chi connectivity index (χ2n) is 4.58. The molecule has 124 valence electrons. The third-order valence-corrected chi connectivity index (χ3v) is 2.83. The number of nitro groups is 1. The molecule has 2 aromatic rings. The molecule has 1 amide bonds. The predicted molar refractivity (Wildman–Crippen MR) is 84.4 cm³/mol. The number of nitrogens with zero attached hydrogens (tertiary/aromatic N) is 1. The lowest BCUT2D eigenvalue weighted by Crippen LogP contribution is -2.25. The Labute approximate surface area is 133 Å². The van der Waals surface area contributed by atoms with Crippen molar-refractivity contribution in [2.24, 2.45) is 5.73 Å². The highest BCUT2D eigenvalue weighted by molar-refractivity contribution is 5.75. The molecule has 0 aliphatic heterocycles. The van der Waals surface area contributed by atoms with Gasteiger partial charge < -0.3 is 15.5 Å². The van der Waals surface area contributed by atoms with Crippen LogP contribution in [0.1, 0.15) is 11.3 Å². The first-order valence-corrected chi connectivity index (χ1v) is 6.57. The zero-order valence-corrected chi connectivity index (χ0v) is 12.1. The molecule has 0 bridgehead atoms. The second-order valence-corrected chi connectivity index (χ2v) is 4.58. The summed E-state index contributed by atoms with van der Waals surface area (Å²) in [5, 5.41) is 10.9. The van der Waals surface area contributed by atoms with Crippen LogP contribution in [0.25, 0.3) is 12.2 Å². The summed E-state index contributed by atoms with van der Waals surface area (Å²) < 4.78 is 5.09. The molecule has 10 heteroatoms. The topological polar surface area (TPSA) is 161 Å². The van der Waals surface area contributed by atoms with Gasteiger partial charge in [0.15, 0.2) is 6.61 Å². The molecule has 0 saturated carbocycles. The molecule has 0 unspecified atom stereocenters. The van der Waals surface area contributed by atoms with E-state index in [2.05, 4.69) is 4.98 Å². The molecule has 24 heavy (non-hydrogen) atoms. The van der Waals surface area contributed by atoms with Crippen molar-refractivity contribution in [3.8, 4) is 5.75 Å². The van der Waals surface area contributed by atoms with Crippen LogP contribution in [0.3, 0.4) is 0 Å². The van der Waals surface area contributed by atoms with Crippen molar-refractivity contribution in [3.63, 3.8) is 0 Å². The lowest BCUT2D eigenvalue weighted by atomic mass is 10.2. The maximum absolute atomic E-state index is 11.5. The number of hydrogen-bond donors (Lipinski definition) is 3. The molecule has 0 spiro atoms. The SMILES string of the molecule is NC(=O)COc1ccc(/C=C/c2[nH]c(=O)[nH]c(=O)c2[N+](=O)[O-])cc1. The Hall–Kier alpha value is -3.69. The minimum Gasteiger partial charge on any atom is -0.484 e. The van der Waals surface area contributed by atoms with E-state index in [0.29, 0.717) is 11.3 Å². The molecule has 1 aromatic heterocycles. The third-order valence-electron chi connectivity index (χ3n) is 2.83. The van der Waals surface area contributed by atoms with Crippen molar-refractivity contribution in [2.45, 2.75) is 0 Å². The van der Waals surface area contributed by atoms with Crippen LogP contribution in [0.4, 0.5) is 5.69 Å². The standard InChI is InChI=1S/C14H12N4O6/c15-11(19)7-24-9-4-1-8(2-5-9)3-6-10-12(18(22)23)13(20)17-14(21)16-10/h1-6H,7H2,(H2,15,19)(H2,16,17,20,21)/b6-3+. The van der Waals surface area contributed by atoms with Gasteiger partial charge in [-0.05, 0) is 23.8 Å². The molecule has 0 saturated heterocycles.